The first kappa shape index (κ1) is 13.1. The van der Waals surface area contributed by atoms with Gasteiger partial charge in [-0.25, -0.2) is 0 Å². The Hall–Kier alpha value is -1.39. The Labute approximate surface area is 108 Å². The van der Waals surface area contributed by atoms with Crippen LogP contribution < -0.4 is 10.2 Å². The predicted molar refractivity (Wildman–Crippen MR) is 72.1 cm³/mol. The van der Waals surface area contributed by atoms with Crippen LogP contribution in [0.15, 0.2) is 24.3 Å². The zero-order valence-corrected chi connectivity index (χ0v) is 10.9. The number of Topliss-reactive ketones (excluding diaryl/α,β-unsaturated/α-hetero) is 1. The van der Waals surface area contributed by atoms with Gasteiger partial charge in [-0.2, -0.15) is 0 Å². The molecule has 4 nitrogen and oxygen atoms in total. The number of anilines is 1. The maximum Gasteiger partial charge on any atom is 0.159 e. The Morgan fingerprint density at radius 2 is 2.33 bits per heavy atom. The lowest BCUT2D eigenvalue weighted by atomic mass is 10.1. The Morgan fingerprint density at radius 3 is 3.00 bits per heavy atom. The lowest BCUT2D eigenvalue weighted by molar-refractivity contribution is 0.101. The molecule has 1 aliphatic heterocycles. The predicted octanol–water partition coefficient (Wildman–Crippen LogP) is 1.05. The van der Waals surface area contributed by atoms with Gasteiger partial charge in [-0.05, 0) is 26.0 Å². The fraction of sp³-hybridized carbons (Fsp3) is 0.500. The first-order valence-electron chi connectivity index (χ1n) is 6.33. The summed E-state index contributed by atoms with van der Waals surface area (Å²) in [5.74, 6) is 0.0700. The van der Waals surface area contributed by atoms with Gasteiger partial charge in [0.1, 0.15) is 0 Å². The van der Waals surface area contributed by atoms with E-state index in [1.807, 2.05) is 24.3 Å². The molecule has 0 bridgehead atoms. The third-order valence-electron chi connectivity index (χ3n) is 3.41. The van der Waals surface area contributed by atoms with Crippen molar-refractivity contribution in [3.63, 3.8) is 0 Å². The summed E-state index contributed by atoms with van der Waals surface area (Å²) in [5.41, 5.74) is 1.73. The summed E-state index contributed by atoms with van der Waals surface area (Å²) in [5, 5.41) is 12.8. The number of piperazine rings is 1. The van der Waals surface area contributed by atoms with E-state index < -0.39 is 0 Å². The molecule has 0 radical (unpaired) electrons. The van der Waals surface area contributed by atoms with Crippen LogP contribution in [0.1, 0.15) is 24.2 Å². The second-order valence-electron chi connectivity index (χ2n) is 4.90. The van der Waals surface area contributed by atoms with Crippen molar-refractivity contribution in [3.8, 4) is 0 Å². The van der Waals surface area contributed by atoms with E-state index in [1.165, 1.54) is 0 Å². The fourth-order valence-corrected chi connectivity index (χ4v) is 2.34. The molecular formula is C14H20N2O2. The highest BCUT2D eigenvalue weighted by Crippen LogP contribution is 2.21. The van der Waals surface area contributed by atoms with E-state index in [0.29, 0.717) is 6.04 Å². The molecule has 2 N–H and O–H groups in total. The van der Waals surface area contributed by atoms with Crippen molar-refractivity contribution in [3.05, 3.63) is 29.8 Å². The maximum absolute atomic E-state index is 11.4. The van der Waals surface area contributed by atoms with Crippen molar-refractivity contribution < 1.29 is 9.90 Å². The van der Waals surface area contributed by atoms with Crippen LogP contribution in [-0.4, -0.2) is 42.7 Å². The van der Waals surface area contributed by atoms with Crippen molar-refractivity contribution in [2.75, 3.05) is 24.6 Å². The number of rotatable bonds is 3. The summed E-state index contributed by atoms with van der Waals surface area (Å²) < 4.78 is 0. The number of benzene rings is 1. The summed E-state index contributed by atoms with van der Waals surface area (Å²) in [6.45, 7) is 5.41. The van der Waals surface area contributed by atoms with Crippen LogP contribution in [0.4, 0.5) is 5.69 Å². The van der Waals surface area contributed by atoms with E-state index in [4.69, 9.17) is 0 Å². The molecule has 18 heavy (non-hydrogen) atoms. The quantitative estimate of drug-likeness (QED) is 0.785. The van der Waals surface area contributed by atoms with Gasteiger partial charge in [0.15, 0.2) is 5.78 Å². The molecule has 98 valence electrons. The van der Waals surface area contributed by atoms with Gasteiger partial charge in [0, 0.05) is 30.4 Å². The molecule has 2 rings (SSSR count). The number of nitrogens with zero attached hydrogens (tertiary/aromatic N) is 1. The van der Waals surface area contributed by atoms with Crippen molar-refractivity contribution in [1.29, 1.82) is 0 Å². The van der Waals surface area contributed by atoms with Gasteiger partial charge in [0.05, 0.1) is 12.6 Å². The van der Waals surface area contributed by atoms with E-state index in [0.717, 1.165) is 24.3 Å². The van der Waals surface area contributed by atoms with Crippen LogP contribution >= 0.6 is 0 Å². The number of aliphatic hydroxyl groups is 1. The highest BCUT2D eigenvalue weighted by atomic mass is 16.3. The normalized spacial score (nSPS) is 24.1. The molecule has 0 amide bonds. The van der Waals surface area contributed by atoms with Crippen LogP contribution in [-0.2, 0) is 0 Å². The number of carbonyl (C=O) groups is 1. The van der Waals surface area contributed by atoms with Crippen LogP contribution in [0.5, 0.6) is 0 Å². The average Bonchev–Trinajstić information content (AvgIpc) is 2.39. The molecular weight excluding hydrogens is 228 g/mol. The molecule has 1 aromatic carbocycles. The summed E-state index contributed by atoms with van der Waals surface area (Å²) in [6.07, 6.45) is 0. The van der Waals surface area contributed by atoms with E-state index in [1.54, 1.807) is 6.92 Å². The third kappa shape index (κ3) is 2.71. The highest BCUT2D eigenvalue weighted by molar-refractivity contribution is 5.95. The molecule has 1 heterocycles. The minimum Gasteiger partial charge on any atom is -0.394 e. The Morgan fingerprint density at radius 1 is 1.56 bits per heavy atom. The molecule has 1 aliphatic rings. The fourth-order valence-electron chi connectivity index (χ4n) is 2.34. The van der Waals surface area contributed by atoms with E-state index >= 15 is 0 Å². The number of carbonyl (C=O) groups excluding carboxylic acids is 1. The molecule has 2 unspecified atom stereocenters. The van der Waals surface area contributed by atoms with Crippen molar-refractivity contribution >= 4 is 11.5 Å². The maximum atomic E-state index is 11.4. The second kappa shape index (κ2) is 5.50. The highest BCUT2D eigenvalue weighted by Gasteiger charge is 2.25. The topological polar surface area (TPSA) is 52.6 Å². The summed E-state index contributed by atoms with van der Waals surface area (Å²) >= 11 is 0. The summed E-state index contributed by atoms with van der Waals surface area (Å²) in [7, 11) is 0. The smallest absolute Gasteiger partial charge is 0.159 e. The van der Waals surface area contributed by atoms with E-state index in [2.05, 4.69) is 17.1 Å². The van der Waals surface area contributed by atoms with Crippen LogP contribution in [0.25, 0.3) is 0 Å². The first-order valence-corrected chi connectivity index (χ1v) is 6.33. The minimum atomic E-state index is 0.0700. The largest absolute Gasteiger partial charge is 0.394 e. The molecule has 0 aliphatic carbocycles. The molecule has 0 spiro atoms. The first-order chi connectivity index (χ1) is 8.61. The minimum absolute atomic E-state index is 0.0700. The van der Waals surface area contributed by atoms with Crippen molar-refractivity contribution in [2.45, 2.75) is 25.9 Å². The number of ketones is 1. The summed E-state index contributed by atoms with van der Waals surface area (Å²) in [6, 6.07) is 8.08. The molecule has 1 saturated heterocycles. The second-order valence-corrected chi connectivity index (χ2v) is 4.90. The lowest BCUT2D eigenvalue weighted by Gasteiger charge is -2.40. The monoisotopic (exact) mass is 248 g/mol. The Kier molecular flexibility index (Phi) is 3.99. The third-order valence-corrected chi connectivity index (χ3v) is 3.41. The van der Waals surface area contributed by atoms with E-state index in [-0.39, 0.29) is 18.4 Å². The number of hydrogen-bond donors (Lipinski definition) is 2. The number of nitrogens with one attached hydrogen (secondary N) is 1. The van der Waals surface area contributed by atoms with Gasteiger partial charge in [-0.1, -0.05) is 12.1 Å². The Bertz CT molecular complexity index is 434. The zero-order valence-electron chi connectivity index (χ0n) is 10.9. The average molecular weight is 248 g/mol. The van der Waals surface area contributed by atoms with E-state index in [9.17, 15) is 9.90 Å². The van der Waals surface area contributed by atoms with Gasteiger partial charge in [0.25, 0.3) is 0 Å². The van der Waals surface area contributed by atoms with Gasteiger partial charge < -0.3 is 15.3 Å². The van der Waals surface area contributed by atoms with Crippen LogP contribution in [0.3, 0.4) is 0 Å². The van der Waals surface area contributed by atoms with Gasteiger partial charge in [-0.3, -0.25) is 4.79 Å². The molecule has 1 fully saturated rings. The van der Waals surface area contributed by atoms with Crippen LogP contribution in [0.2, 0.25) is 0 Å². The summed E-state index contributed by atoms with van der Waals surface area (Å²) in [4.78, 5) is 13.6. The lowest BCUT2D eigenvalue weighted by Crippen LogP contribution is -2.57. The molecule has 1 aromatic rings. The zero-order chi connectivity index (χ0) is 13.1. The standard InChI is InChI=1S/C14H20N2O2/c1-10-8-16(14(9-17)7-15-10)13-5-3-4-12(6-13)11(2)18/h3-6,10,14-15,17H,7-9H2,1-2H3. The van der Waals surface area contributed by atoms with Gasteiger partial charge >= 0.3 is 0 Å². The van der Waals surface area contributed by atoms with Crippen molar-refractivity contribution in [2.24, 2.45) is 0 Å². The number of hydrogen-bond acceptors (Lipinski definition) is 4. The Balaban J connectivity index is 2.27. The van der Waals surface area contributed by atoms with Gasteiger partial charge in [0.2, 0.25) is 0 Å². The molecule has 2 atom stereocenters. The van der Waals surface area contributed by atoms with Crippen molar-refractivity contribution in [1.82, 2.24) is 5.32 Å². The SMILES string of the molecule is CC(=O)c1cccc(N2CC(C)NCC2CO)c1. The molecule has 4 heteroatoms. The van der Waals surface area contributed by atoms with Crippen LogP contribution in [0, 0.1) is 0 Å². The number of aliphatic hydroxyl groups excluding tert-OH is 1. The van der Waals surface area contributed by atoms with Gasteiger partial charge in [-0.15, -0.1) is 0 Å². The molecule has 0 aromatic heterocycles. The molecule has 0 saturated carbocycles.